The number of benzene rings is 1. The molecule has 1 aromatic rings. The van der Waals surface area contributed by atoms with Crippen LogP contribution in [0.15, 0.2) is 24.3 Å². The van der Waals surface area contributed by atoms with E-state index in [1.165, 1.54) is 37.7 Å². The van der Waals surface area contributed by atoms with Crippen molar-refractivity contribution in [2.75, 3.05) is 13.7 Å². The number of nitrogens with one attached hydrogen (secondary N) is 1. The lowest BCUT2D eigenvalue weighted by Crippen LogP contribution is -2.52. The molecule has 2 bridgehead atoms. The third kappa shape index (κ3) is 3.59. The fraction of sp³-hybridized carbons (Fsp3) is 0.667. The van der Waals surface area contributed by atoms with Crippen LogP contribution in [0.25, 0.3) is 0 Å². The molecule has 3 aliphatic carbocycles. The van der Waals surface area contributed by atoms with Gasteiger partial charge < -0.3 is 15.8 Å². The summed E-state index contributed by atoms with van der Waals surface area (Å²) in [6.45, 7) is 0.555. The van der Waals surface area contributed by atoms with Gasteiger partial charge in [-0.2, -0.15) is 0 Å². The topological polar surface area (TPSA) is 64.3 Å². The molecule has 1 amide bonds. The number of methoxy groups -OCH3 is 1. The molecule has 144 valence electrons. The van der Waals surface area contributed by atoms with Crippen molar-refractivity contribution in [2.45, 2.75) is 51.0 Å². The monoisotopic (exact) mass is 378 g/mol. The maximum Gasteiger partial charge on any atom is 0.227 e. The zero-order valence-electron chi connectivity index (χ0n) is 15.6. The van der Waals surface area contributed by atoms with Gasteiger partial charge in [0.2, 0.25) is 5.91 Å². The van der Waals surface area contributed by atoms with Crippen LogP contribution in [-0.4, -0.2) is 25.6 Å². The van der Waals surface area contributed by atoms with Crippen LogP contribution in [-0.2, 0) is 11.2 Å². The van der Waals surface area contributed by atoms with Crippen LogP contribution in [0.1, 0.15) is 44.1 Å². The average Bonchev–Trinajstić information content (AvgIpc) is 3.28. The fourth-order valence-electron chi connectivity index (χ4n) is 5.35. The zero-order chi connectivity index (χ0) is 17.4. The molecule has 0 aromatic heterocycles. The predicted molar refractivity (Wildman–Crippen MR) is 106 cm³/mol. The minimum absolute atomic E-state index is 0. The third-order valence-electron chi connectivity index (χ3n) is 6.84. The van der Waals surface area contributed by atoms with Crippen LogP contribution in [0.4, 0.5) is 0 Å². The maximum absolute atomic E-state index is 13.4. The van der Waals surface area contributed by atoms with Gasteiger partial charge in [0, 0.05) is 12.6 Å². The van der Waals surface area contributed by atoms with E-state index in [2.05, 4.69) is 17.4 Å². The average molecular weight is 379 g/mol. The van der Waals surface area contributed by atoms with Gasteiger partial charge in [-0.1, -0.05) is 18.6 Å². The van der Waals surface area contributed by atoms with E-state index in [1.54, 1.807) is 7.11 Å². The third-order valence-corrected chi connectivity index (χ3v) is 6.84. The van der Waals surface area contributed by atoms with E-state index < -0.39 is 0 Å². The number of carbonyl (C=O) groups excluding carboxylic acids is 1. The van der Waals surface area contributed by atoms with Gasteiger partial charge in [0.1, 0.15) is 5.75 Å². The number of amides is 1. The van der Waals surface area contributed by atoms with Gasteiger partial charge in [-0.3, -0.25) is 4.79 Å². The summed E-state index contributed by atoms with van der Waals surface area (Å²) in [5.74, 6) is 2.96. The van der Waals surface area contributed by atoms with E-state index in [9.17, 15) is 4.79 Å². The number of rotatable bonds is 7. The number of carbonyl (C=O) groups is 1. The fourth-order valence-corrected chi connectivity index (χ4v) is 5.35. The molecule has 3 aliphatic rings. The number of fused-ring (bicyclic) bond motifs is 2. The van der Waals surface area contributed by atoms with E-state index in [-0.39, 0.29) is 29.8 Å². The Kier molecular flexibility index (Phi) is 5.83. The van der Waals surface area contributed by atoms with Crippen LogP contribution < -0.4 is 15.8 Å². The molecule has 0 spiro atoms. The van der Waals surface area contributed by atoms with E-state index >= 15 is 0 Å². The van der Waals surface area contributed by atoms with Crippen LogP contribution in [0.3, 0.4) is 0 Å². The van der Waals surface area contributed by atoms with Gasteiger partial charge in [-0.05, 0) is 74.0 Å². The second-order valence-corrected chi connectivity index (χ2v) is 8.42. The van der Waals surface area contributed by atoms with E-state index in [4.69, 9.17) is 10.5 Å². The van der Waals surface area contributed by atoms with E-state index in [0.29, 0.717) is 18.4 Å². The van der Waals surface area contributed by atoms with Crippen molar-refractivity contribution in [3.05, 3.63) is 29.8 Å². The van der Waals surface area contributed by atoms with Crippen molar-refractivity contribution < 1.29 is 9.53 Å². The second kappa shape index (κ2) is 7.77. The number of ether oxygens (including phenoxy) is 1. The molecule has 3 saturated carbocycles. The molecule has 26 heavy (non-hydrogen) atoms. The summed E-state index contributed by atoms with van der Waals surface area (Å²) in [5.41, 5.74) is 6.89. The van der Waals surface area contributed by atoms with Crippen LogP contribution in [0.5, 0.6) is 5.75 Å². The Morgan fingerprint density at radius 2 is 2.15 bits per heavy atom. The highest BCUT2D eigenvalue weighted by Gasteiger charge is 2.55. The van der Waals surface area contributed by atoms with Crippen molar-refractivity contribution >= 4 is 18.3 Å². The number of nitrogens with two attached hydrogens (primary N) is 1. The number of halogens is 1. The first-order chi connectivity index (χ1) is 12.1. The Balaban J connectivity index is 0.00000196. The van der Waals surface area contributed by atoms with E-state index in [1.807, 2.05) is 12.1 Å². The van der Waals surface area contributed by atoms with Crippen molar-refractivity contribution in [3.63, 3.8) is 0 Å². The number of hydrogen-bond acceptors (Lipinski definition) is 3. The first kappa shape index (κ1) is 19.5. The largest absolute Gasteiger partial charge is 0.497 e. The van der Waals surface area contributed by atoms with Gasteiger partial charge in [-0.15, -0.1) is 12.4 Å². The molecular weight excluding hydrogens is 348 g/mol. The smallest absolute Gasteiger partial charge is 0.227 e. The summed E-state index contributed by atoms with van der Waals surface area (Å²) in [6, 6.07) is 8.37. The molecule has 4 atom stereocenters. The Labute approximate surface area is 162 Å². The highest BCUT2D eigenvalue weighted by Crippen LogP contribution is 2.57. The van der Waals surface area contributed by atoms with Gasteiger partial charge in [0.25, 0.3) is 0 Å². The molecule has 3 N–H and O–H groups in total. The lowest BCUT2D eigenvalue weighted by atomic mass is 9.68. The Hall–Kier alpha value is -1.26. The minimum Gasteiger partial charge on any atom is -0.497 e. The molecule has 3 fully saturated rings. The first-order valence-electron chi connectivity index (χ1n) is 9.78. The molecule has 4 rings (SSSR count). The van der Waals surface area contributed by atoms with Crippen molar-refractivity contribution in [3.8, 4) is 5.75 Å². The molecule has 4 unspecified atom stereocenters. The Bertz CT molecular complexity index is 649. The van der Waals surface area contributed by atoms with Gasteiger partial charge >= 0.3 is 0 Å². The van der Waals surface area contributed by atoms with Crippen LogP contribution in [0.2, 0.25) is 0 Å². The highest BCUT2D eigenvalue weighted by atomic mass is 35.5. The molecule has 1 aromatic carbocycles. The summed E-state index contributed by atoms with van der Waals surface area (Å²) in [6.07, 6.45) is 7.96. The molecule has 0 heterocycles. The highest BCUT2D eigenvalue weighted by molar-refractivity contribution is 5.85. The Morgan fingerprint density at radius 1 is 1.35 bits per heavy atom. The van der Waals surface area contributed by atoms with Crippen LogP contribution in [0, 0.1) is 23.2 Å². The summed E-state index contributed by atoms with van der Waals surface area (Å²) in [4.78, 5) is 13.4. The van der Waals surface area contributed by atoms with E-state index in [0.717, 1.165) is 24.5 Å². The minimum atomic E-state index is -0.252. The summed E-state index contributed by atoms with van der Waals surface area (Å²) < 4.78 is 5.38. The van der Waals surface area contributed by atoms with Crippen molar-refractivity contribution in [2.24, 2.45) is 28.9 Å². The molecule has 0 saturated heterocycles. The normalized spacial score (nSPS) is 30.5. The van der Waals surface area contributed by atoms with Gasteiger partial charge in [0.05, 0.1) is 12.5 Å². The molecule has 0 radical (unpaired) electrons. The van der Waals surface area contributed by atoms with Gasteiger partial charge in [-0.25, -0.2) is 0 Å². The molecule has 0 aliphatic heterocycles. The summed E-state index contributed by atoms with van der Waals surface area (Å²) in [7, 11) is 1.70. The first-order valence-corrected chi connectivity index (χ1v) is 9.78. The lowest BCUT2D eigenvalue weighted by molar-refractivity contribution is -0.135. The lowest BCUT2D eigenvalue weighted by Gasteiger charge is -2.38. The predicted octanol–water partition coefficient (Wildman–Crippen LogP) is 3.32. The maximum atomic E-state index is 13.4. The second-order valence-electron chi connectivity index (χ2n) is 8.42. The zero-order valence-corrected chi connectivity index (χ0v) is 16.4. The number of hydrogen-bond donors (Lipinski definition) is 2. The van der Waals surface area contributed by atoms with Crippen LogP contribution >= 0.6 is 12.4 Å². The van der Waals surface area contributed by atoms with Gasteiger partial charge in [0.15, 0.2) is 0 Å². The standard InChI is InChI=1S/C21H30N2O2.ClH/c1-25-18-4-2-3-14(10-18)11-21(12-15-5-8-17(21)9-15)20(24)23-19(13-22)16-6-7-16;/h2-4,10,15-17,19H,5-9,11-13,22H2,1H3,(H,23,24);1H. The van der Waals surface area contributed by atoms with Crippen molar-refractivity contribution in [1.29, 1.82) is 0 Å². The van der Waals surface area contributed by atoms with Crippen molar-refractivity contribution in [1.82, 2.24) is 5.32 Å². The summed E-state index contributed by atoms with van der Waals surface area (Å²) >= 11 is 0. The molecular formula is C21H31ClN2O2. The summed E-state index contributed by atoms with van der Waals surface area (Å²) in [5, 5.41) is 3.35. The SMILES string of the molecule is COc1cccc(CC2(C(=O)NC(CN)C3CC3)CC3CCC2C3)c1.Cl. The molecule has 5 heteroatoms. The quantitative estimate of drug-likeness (QED) is 0.764. The molecule has 4 nitrogen and oxygen atoms in total. The Morgan fingerprint density at radius 3 is 2.73 bits per heavy atom.